The molecule has 1 spiro atoms. The molecule has 11 nitrogen and oxygen atoms in total. The summed E-state index contributed by atoms with van der Waals surface area (Å²) in [6.45, 7) is 10.4. The number of ether oxygens (including phenoxy) is 1. The second kappa shape index (κ2) is 12.4. The van der Waals surface area contributed by atoms with Gasteiger partial charge >= 0.3 is 0 Å². The normalized spacial score (nSPS) is 27.0. The van der Waals surface area contributed by atoms with Crippen LogP contribution < -0.4 is 10.2 Å². The number of nitrogens with zero attached hydrogens (tertiary/aromatic N) is 5. The van der Waals surface area contributed by atoms with Crippen molar-refractivity contribution in [1.29, 1.82) is 0 Å². The maximum absolute atomic E-state index is 14.5. The number of piperidine rings is 1. The first-order valence-electron chi connectivity index (χ1n) is 17.7. The summed E-state index contributed by atoms with van der Waals surface area (Å²) in [5.74, 6) is 0.978. The van der Waals surface area contributed by atoms with E-state index in [-0.39, 0.29) is 29.1 Å². The predicted molar refractivity (Wildman–Crippen MR) is 175 cm³/mol. The number of amides is 3. The minimum Gasteiger partial charge on any atom is -0.376 e. The van der Waals surface area contributed by atoms with Crippen molar-refractivity contribution in [2.75, 3.05) is 50.8 Å². The number of rotatable bonds is 9. The Bertz CT molecular complexity index is 1440. The summed E-state index contributed by atoms with van der Waals surface area (Å²) in [5, 5.41) is 11.4. The fourth-order valence-corrected chi connectivity index (χ4v) is 8.58. The first-order valence-corrected chi connectivity index (χ1v) is 17.7. The van der Waals surface area contributed by atoms with Gasteiger partial charge in [-0.15, -0.1) is 0 Å². The molecule has 3 saturated heterocycles. The van der Waals surface area contributed by atoms with Gasteiger partial charge in [0.25, 0.3) is 0 Å². The van der Waals surface area contributed by atoms with Crippen LogP contribution in [0.4, 0.5) is 5.82 Å². The van der Waals surface area contributed by atoms with Crippen LogP contribution in [0.2, 0.25) is 0 Å². The highest BCUT2D eigenvalue weighted by Gasteiger charge is 2.61. The third kappa shape index (κ3) is 6.00. The number of pyridine rings is 1. The molecule has 7 rings (SSSR count). The van der Waals surface area contributed by atoms with E-state index in [1.165, 1.54) is 19.3 Å². The standard InChI is InChI=1S/C35H51N7O4/c1-23(46-19-24-10-6-4-7-11-24)29(33(45)40-14-8-5-9-15-40)38-31(43)27-18-41(30-25-17-37-39-28(25)12-13-36-30)20-35(27)21-42(22-35)32(44)26-16-34(26,2)3/h12-13,17,23-24,26-27,29H,4-11,14-16,18-22H2,1-3H3,(H,37,39)(H,38,43)/t23-,26-,27+,29+/m1/s1. The van der Waals surface area contributed by atoms with E-state index in [1.807, 2.05) is 22.8 Å². The van der Waals surface area contributed by atoms with E-state index in [0.29, 0.717) is 38.7 Å². The van der Waals surface area contributed by atoms with Gasteiger partial charge in [-0.1, -0.05) is 33.1 Å². The summed E-state index contributed by atoms with van der Waals surface area (Å²) in [4.78, 5) is 52.6. The van der Waals surface area contributed by atoms with Crippen molar-refractivity contribution in [2.45, 2.75) is 90.7 Å². The number of H-pyrrole nitrogens is 1. The summed E-state index contributed by atoms with van der Waals surface area (Å²) >= 11 is 0. The van der Waals surface area contributed by atoms with Crippen LogP contribution in [0.3, 0.4) is 0 Å². The van der Waals surface area contributed by atoms with Gasteiger partial charge in [0.15, 0.2) is 0 Å². The fourth-order valence-electron chi connectivity index (χ4n) is 8.58. The minimum atomic E-state index is -0.749. The molecular formula is C35H51N7O4. The van der Waals surface area contributed by atoms with Crippen LogP contribution in [-0.4, -0.2) is 101 Å². The van der Waals surface area contributed by atoms with Gasteiger partial charge in [0.1, 0.15) is 11.9 Å². The van der Waals surface area contributed by atoms with Crippen molar-refractivity contribution in [3.63, 3.8) is 0 Å². The first-order chi connectivity index (χ1) is 22.1. The van der Waals surface area contributed by atoms with Crippen molar-refractivity contribution in [1.82, 2.24) is 30.3 Å². The van der Waals surface area contributed by atoms with Gasteiger partial charge in [0.2, 0.25) is 17.7 Å². The van der Waals surface area contributed by atoms with E-state index < -0.39 is 23.5 Å². The maximum Gasteiger partial charge on any atom is 0.247 e. The Hall–Kier alpha value is -3.21. The van der Waals surface area contributed by atoms with Gasteiger partial charge in [-0.2, -0.15) is 5.10 Å². The number of carbonyl (C=O) groups excluding carboxylic acids is 3. The Labute approximate surface area is 272 Å². The lowest BCUT2D eigenvalue weighted by atomic mass is 9.70. The first kappa shape index (κ1) is 31.4. The van der Waals surface area contributed by atoms with E-state index in [2.05, 4.69) is 34.3 Å². The highest BCUT2D eigenvalue weighted by Crippen LogP contribution is 2.55. The number of likely N-dealkylation sites (tertiary alicyclic amines) is 2. The number of hydrogen-bond donors (Lipinski definition) is 2. The van der Waals surface area contributed by atoms with Crippen molar-refractivity contribution in [3.05, 3.63) is 18.5 Å². The number of hydrogen-bond acceptors (Lipinski definition) is 7. The Kier molecular flexibility index (Phi) is 8.48. The highest BCUT2D eigenvalue weighted by molar-refractivity contribution is 5.92. The molecular weight excluding hydrogens is 582 g/mol. The zero-order valence-corrected chi connectivity index (χ0v) is 27.8. The molecule has 5 aliphatic rings. The predicted octanol–water partition coefficient (Wildman–Crippen LogP) is 3.75. The van der Waals surface area contributed by atoms with Crippen LogP contribution >= 0.6 is 0 Å². The van der Waals surface area contributed by atoms with Gasteiger partial charge in [-0.3, -0.25) is 19.5 Å². The molecule has 2 N–H and O–H groups in total. The lowest BCUT2D eigenvalue weighted by molar-refractivity contribution is -0.153. The lowest BCUT2D eigenvalue weighted by Gasteiger charge is -2.50. The highest BCUT2D eigenvalue weighted by atomic mass is 16.5. The average Bonchev–Trinajstić information content (AvgIpc) is 3.38. The number of anilines is 1. The zero-order valence-electron chi connectivity index (χ0n) is 27.8. The van der Waals surface area contributed by atoms with E-state index in [1.54, 1.807) is 12.4 Å². The van der Waals surface area contributed by atoms with Gasteiger partial charge in [0, 0.05) is 63.4 Å². The molecule has 2 saturated carbocycles. The van der Waals surface area contributed by atoms with Crippen LogP contribution in [0.1, 0.15) is 78.6 Å². The lowest BCUT2D eigenvalue weighted by Crippen LogP contribution is -2.65. The Morgan fingerprint density at radius 3 is 2.46 bits per heavy atom. The molecule has 0 radical (unpaired) electrons. The molecule has 46 heavy (non-hydrogen) atoms. The maximum atomic E-state index is 14.5. The number of aromatic amines is 1. The summed E-state index contributed by atoms with van der Waals surface area (Å²) in [5.41, 5.74) is 0.524. The third-order valence-electron chi connectivity index (χ3n) is 11.8. The fraction of sp³-hybridized carbons (Fsp3) is 0.743. The average molecular weight is 634 g/mol. The second-order valence-electron chi connectivity index (χ2n) is 15.6. The van der Waals surface area contributed by atoms with Crippen molar-refractivity contribution in [2.24, 2.45) is 28.6 Å². The Morgan fingerprint density at radius 1 is 1.02 bits per heavy atom. The minimum absolute atomic E-state index is 0.0423. The van der Waals surface area contributed by atoms with Crippen molar-refractivity contribution in [3.8, 4) is 0 Å². The molecule has 2 aromatic heterocycles. The molecule has 2 aromatic rings. The van der Waals surface area contributed by atoms with E-state index >= 15 is 0 Å². The van der Waals surface area contributed by atoms with E-state index in [0.717, 1.165) is 68.3 Å². The molecule has 5 heterocycles. The number of carbonyl (C=O) groups is 3. The monoisotopic (exact) mass is 633 g/mol. The smallest absolute Gasteiger partial charge is 0.247 e. The molecule has 3 amide bonds. The van der Waals surface area contributed by atoms with Gasteiger partial charge in [0.05, 0.1) is 29.1 Å². The Morgan fingerprint density at radius 2 is 1.74 bits per heavy atom. The van der Waals surface area contributed by atoms with Crippen LogP contribution in [0.15, 0.2) is 18.5 Å². The summed E-state index contributed by atoms with van der Waals surface area (Å²) in [7, 11) is 0. The molecule has 4 atom stereocenters. The molecule has 250 valence electrons. The van der Waals surface area contributed by atoms with Crippen molar-refractivity contribution >= 4 is 34.4 Å². The quantitative estimate of drug-likeness (QED) is 0.431. The summed E-state index contributed by atoms with van der Waals surface area (Å²) < 4.78 is 6.40. The molecule has 2 aliphatic carbocycles. The zero-order chi connectivity index (χ0) is 32.1. The van der Waals surface area contributed by atoms with Crippen LogP contribution in [0.5, 0.6) is 0 Å². The van der Waals surface area contributed by atoms with Gasteiger partial charge in [-0.25, -0.2) is 4.98 Å². The van der Waals surface area contributed by atoms with E-state index in [9.17, 15) is 14.4 Å². The van der Waals surface area contributed by atoms with Crippen molar-refractivity contribution < 1.29 is 19.1 Å². The number of fused-ring (bicyclic) bond motifs is 1. The molecule has 11 heteroatoms. The van der Waals surface area contributed by atoms with Crippen LogP contribution in [0, 0.1) is 28.6 Å². The molecule has 3 aliphatic heterocycles. The third-order valence-corrected chi connectivity index (χ3v) is 11.8. The number of nitrogens with one attached hydrogen (secondary N) is 2. The van der Waals surface area contributed by atoms with Crippen LogP contribution in [-0.2, 0) is 19.1 Å². The SMILES string of the molecule is C[C@@H](OCC1CCCCC1)[C@H](NC(=O)[C@@H]1CN(c2nccc3[nH]ncc23)CC12CN(C(=O)[C@H]1CC1(C)C)C2)C(=O)N1CCCCC1. The molecule has 0 bridgehead atoms. The van der Waals surface area contributed by atoms with Gasteiger partial charge in [-0.05, 0) is 62.8 Å². The summed E-state index contributed by atoms with van der Waals surface area (Å²) in [6, 6.07) is 1.15. The molecule has 5 fully saturated rings. The van der Waals surface area contributed by atoms with E-state index in [4.69, 9.17) is 9.72 Å². The van der Waals surface area contributed by atoms with Gasteiger partial charge < -0.3 is 24.8 Å². The van der Waals surface area contributed by atoms with Crippen LogP contribution in [0.25, 0.3) is 10.9 Å². The largest absolute Gasteiger partial charge is 0.376 e. The number of aromatic nitrogens is 3. The Balaban J connectivity index is 1.12. The molecule has 0 unspecified atom stereocenters. The molecule has 0 aromatic carbocycles. The second-order valence-corrected chi connectivity index (χ2v) is 15.6. The summed E-state index contributed by atoms with van der Waals surface area (Å²) in [6.07, 6.45) is 13.2. The topological polar surface area (TPSA) is 124 Å².